The van der Waals surface area contributed by atoms with Crippen LogP contribution in [-0.4, -0.2) is 11.0 Å². The molecule has 0 aliphatic heterocycles. The highest BCUT2D eigenvalue weighted by atomic mass is 35.5. The number of alkyl halides is 1. The first-order chi connectivity index (χ1) is 9.88. The SMILES string of the molecule is CC(C)(C)c1ccc(C(O)(CCCl)c2ccccc2)cc1. The van der Waals surface area contributed by atoms with Crippen molar-refractivity contribution in [3.8, 4) is 0 Å². The van der Waals surface area contributed by atoms with Crippen LogP contribution in [0.1, 0.15) is 43.9 Å². The Morgan fingerprint density at radius 1 is 0.810 bits per heavy atom. The third-order valence-electron chi connectivity index (χ3n) is 3.94. The van der Waals surface area contributed by atoms with Gasteiger partial charge in [0, 0.05) is 5.88 Å². The second kappa shape index (κ2) is 6.21. The minimum atomic E-state index is -1.03. The first-order valence-corrected chi connectivity index (χ1v) is 7.86. The highest BCUT2D eigenvalue weighted by Crippen LogP contribution is 2.34. The van der Waals surface area contributed by atoms with Gasteiger partial charge in [0.2, 0.25) is 0 Å². The van der Waals surface area contributed by atoms with Gasteiger partial charge < -0.3 is 5.11 Å². The van der Waals surface area contributed by atoms with E-state index < -0.39 is 5.60 Å². The fourth-order valence-electron chi connectivity index (χ4n) is 2.55. The predicted octanol–water partition coefficient (Wildman–Crippen LogP) is 4.85. The molecule has 0 bridgehead atoms. The van der Waals surface area contributed by atoms with E-state index in [2.05, 4.69) is 32.9 Å². The summed E-state index contributed by atoms with van der Waals surface area (Å²) in [5.41, 5.74) is 2.11. The third kappa shape index (κ3) is 3.48. The van der Waals surface area contributed by atoms with Gasteiger partial charge >= 0.3 is 0 Å². The number of halogens is 1. The van der Waals surface area contributed by atoms with Crippen LogP contribution in [0.3, 0.4) is 0 Å². The van der Waals surface area contributed by atoms with Gasteiger partial charge in [-0.15, -0.1) is 11.6 Å². The molecule has 1 atom stereocenters. The molecular weight excluding hydrogens is 280 g/mol. The average molecular weight is 303 g/mol. The minimum absolute atomic E-state index is 0.107. The number of rotatable bonds is 4. The van der Waals surface area contributed by atoms with Gasteiger partial charge in [-0.05, 0) is 28.5 Å². The number of benzene rings is 2. The lowest BCUT2D eigenvalue weighted by atomic mass is 9.81. The van der Waals surface area contributed by atoms with Gasteiger partial charge in [-0.25, -0.2) is 0 Å². The van der Waals surface area contributed by atoms with Crippen LogP contribution in [0.4, 0.5) is 0 Å². The van der Waals surface area contributed by atoms with Crippen molar-refractivity contribution in [1.29, 1.82) is 0 Å². The van der Waals surface area contributed by atoms with Gasteiger partial charge in [0.15, 0.2) is 0 Å². The predicted molar refractivity (Wildman–Crippen MR) is 89.9 cm³/mol. The van der Waals surface area contributed by atoms with Crippen LogP contribution in [0.25, 0.3) is 0 Å². The Bertz CT molecular complexity index is 569. The molecule has 2 rings (SSSR count). The fourth-order valence-corrected chi connectivity index (χ4v) is 2.83. The first-order valence-electron chi connectivity index (χ1n) is 7.33. The standard InChI is InChI=1S/C19H23ClO/c1-18(2,3)15-9-11-17(12-10-15)19(21,13-14-20)16-7-5-4-6-8-16/h4-12,21H,13-14H2,1-3H3. The number of hydrogen-bond donors (Lipinski definition) is 1. The molecular formula is C19H23ClO. The van der Waals surface area contributed by atoms with Crippen molar-refractivity contribution in [2.75, 3.05) is 5.88 Å². The maximum absolute atomic E-state index is 11.2. The zero-order valence-electron chi connectivity index (χ0n) is 12.9. The Kier molecular flexibility index (Phi) is 4.75. The fraction of sp³-hybridized carbons (Fsp3) is 0.368. The van der Waals surface area contributed by atoms with Gasteiger partial charge in [0.05, 0.1) is 0 Å². The summed E-state index contributed by atoms with van der Waals surface area (Å²) in [6.45, 7) is 6.55. The zero-order chi connectivity index (χ0) is 15.5. The first kappa shape index (κ1) is 16.1. The van der Waals surface area contributed by atoms with E-state index >= 15 is 0 Å². The molecule has 0 saturated heterocycles. The molecule has 0 fully saturated rings. The maximum Gasteiger partial charge on any atom is 0.116 e. The summed E-state index contributed by atoms with van der Waals surface area (Å²) in [7, 11) is 0. The second-order valence-electron chi connectivity index (χ2n) is 6.49. The van der Waals surface area contributed by atoms with E-state index in [0.29, 0.717) is 12.3 Å². The largest absolute Gasteiger partial charge is 0.380 e. The number of hydrogen-bond acceptors (Lipinski definition) is 1. The third-order valence-corrected chi connectivity index (χ3v) is 4.13. The van der Waals surface area contributed by atoms with Crippen LogP contribution >= 0.6 is 11.6 Å². The molecule has 0 aliphatic rings. The van der Waals surface area contributed by atoms with E-state index in [9.17, 15) is 5.11 Å². The Morgan fingerprint density at radius 3 is 1.76 bits per heavy atom. The summed E-state index contributed by atoms with van der Waals surface area (Å²) in [4.78, 5) is 0. The van der Waals surface area contributed by atoms with Crippen molar-refractivity contribution in [3.63, 3.8) is 0 Å². The molecule has 112 valence electrons. The van der Waals surface area contributed by atoms with Crippen LogP contribution in [0.15, 0.2) is 54.6 Å². The van der Waals surface area contributed by atoms with Gasteiger partial charge in [-0.3, -0.25) is 0 Å². The van der Waals surface area contributed by atoms with E-state index in [4.69, 9.17) is 11.6 Å². The maximum atomic E-state index is 11.2. The van der Waals surface area contributed by atoms with Crippen LogP contribution in [-0.2, 0) is 11.0 Å². The average Bonchev–Trinajstić information content (AvgIpc) is 2.47. The molecule has 0 amide bonds. The van der Waals surface area contributed by atoms with Crippen LogP contribution < -0.4 is 0 Å². The quantitative estimate of drug-likeness (QED) is 0.801. The number of aliphatic hydroxyl groups is 1. The van der Waals surface area contributed by atoms with Gasteiger partial charge in [-0.2, -0.15) is 0 Å². The molecule has 0 radical (unpaired) electrons. The summed E-state index contributed by atoms with van der Waals surface area (Å²) in [5.74, 6) is 0.409. The lowest BCUT2D eigenvalue weighted by Gasteiger charge is -2.29. The van der Waals surface area contributed by atoms with Crippen molar-refractivity contribution < 1.29 is 5.11 Å². The summed E-state index contributed by atoms with van der Waals surface area (Å²) >= 11 is 5.93. The van der Waals surface area contributed by atoms with Crippen molar-refractivity contribution in [3.05, 3.63) is 71.3 Å². The van der Waals surface area contributed by atoms with E-state index in [-0.39, 0.29) is 5.41 Å². The van der Waals surface area contributed by atoms with E-state index in [1.54, 1.807) is 0 Å². The van der Waals surface area contributed by atoms with Gasteiger partial charge in [0.25, 0.3) is 0 Å². The topological polar surface area (TPSA) is 20.2 Å². The Labute approximate surface area is 132 Å². The summed E-state index contributed by atoms with van der Waals surface area (Å²) in [6.07, 6.45) is 0.493. The molecule has 2 aromatic carbocycles. The molecule has 0 heterocycles. The summed E-state index contributed by atoms with van der Waals surface area (Å²) in [6, 6.07) is 18.0. The zero-order valence-corrected chi connectivity index (χ0v) is 13.7. The van der Waals surface area contributed by atoms with Crippen molar-refractivity contribution in [2.24, 2.45) is 0 Å². The van der Waals surface area contributed by atoms with Crippen LogP contribution in [0.5, 0.6) is 0 Å². The van der Waals surface area contributed by atoms with Crippen molar-refractivity contribution >= 4 is 11.6 Å². The van der Waals surface area contributed by atoms with Gasteiger partial charge in [0.1, 0.15) is 5.60 Å². The second-order valence-corrected chi connectivity index (χ2v) is 6.87. The Morgan fingerprint density at radius 2 is 1.29 bits per heavy atom. The van der Waals surface area contributed by atoms with Gasteiger partial charge in [-0.1, -0.05) is 75.4 Å². The Hall–Kier alpha value is -1.31. The lowest BCUT2D eigenvalue weighted by molar-refractivity contribution is 0.0774. The van der Waals surface area contributed by atoms with Crippen LogP contribution in [0, 0.1) is 0 Å². The molecule has 2 aromatic rings. The van der Waals surface area contributed by atoms with E-state index in [1.165, 1.54) is 5.56 Å². The van der Waals surface area contributed by atoms with E-state index in [0.717, 1.165) is 11.1 Å². The monoisotopic (exact) mass is 302 g/mol. The smallest absolute Gasteiger partial charge is 0.116 e. The molecule has 1 nitrogen and oxygen atoms in total. The highest BCUT2D eigenvalue weighted by molar-refractivity contribution is 6.17. The highest BCUT2D eigenvalue weighted by Gasteiger charge is 2.31. The molecule has 1 unspecified atom stereocenters. The molecule has 0 saturated carbocycles. The molecule has 21 heavy (non-hydrogen) atoms. The van der Waals surface area contributed by atoms with Crippen molar-refractivity contribution in [2.45, 2.75) is 38.2 Å². The molecule has 2 heteroatoms. The summed E-state index contributed by atoms with van der Waals surface area (Å²) < 4.78 is 0. The Balaban J connectivity index is 2.44. The summed E-state index contributed by atoms with van der Waals surface area (Å²) in [5, 5.41) is 11.2. The molecule has 0 spiro atoms. The molecule has 1 N–H and O–H groups in total. The minimum Gasteiger partial charge on any atom is -0.380 e. The van der Waals surface area contributed by atoms with E-state index in [1.807, 2.05) is 42.5 Å². The normalized spacial score (nSPS) is 14.7. The lowest BCUT2D eigenvalue weighted by Crippen LogP contribution is -2.28. The van der Waals surface area contributed by atoms with Crippen molar-refractivity contribution in [1.82, 2.24) is 0 Å². The van der Waals surface area contributed by atoms with Crippen LogP contribution in [0.2, 0.25) is 0 Å². The molecule has 0 aliphatic carbocycles. The molecule has 0 aromatic heterocycles.